The van der Waals surface area contributed by atoms with Crippen LogP contribution in [0.5, 0.6) is 0 Å². The van der Waals surface area contributed by atoms with Gasteiger partial charge in [-0.1, -0.05) is 19.3 Å². The summed E-state index contributed by atoms with van der Waals surface area (Å²) in [4.78, 5) is 11.3. The summed E-state index contributed by atoms with van der Waals surface area (Å²) in [6, 6.07) is 0. The Kier molecular flexibility index (Phi) is 8.80. The fourth-order valence-electron chi connectivity index (χ4n) is 1.47. The number of alkyl carbamates (subject to hydrolysis) is 1. The maximum absolute atomic E-state index is 11.3. The monoisotopic (exact) mass is 309 g/mol. The normalized spacial score (nSPS) is 12.2. The summed E-state index contributed by atoms with van der Waals surface area (Å²) in [5.74, 6) is 0. The van der Waals surface area contributed by atoms with E-state index in [4.69, 9.17) is 4.74 Å². The minimum atomic E-state index is -3.31. The largest absolute Gasteiger partial charge is 0.444 e. The van der Waals surface area contributed by atoms with Crippen LogP contribution in [0.1, 0.15) is 52.9 Å². The third-order valence-electron chi connectivity index (χ3n) is 2.29. The second kappa shape index (κ2) is 9.18. The summed E-state index contributed by atoms with van der Waals surface area (Å²) >= 11 is 0. The van der Waals surface area contributed by atoms with E-state index in [0.29, 0.717) is 6.54 Å². The van der Waals surface area contributed by atoms with E-state index in [2.05, 4.69) is 9.50 Å². The summed E-state index contributed by atoms with van der Waals surface area (Å²) in [5.41, 5.74) is -0.469. The Morgan fingerprint density at radius 1 is 1.05 bits per heavy atom. The third-order valence-corrected chi connectivity index (χ3v) is 2.88. The van der Waals surface area contributed by atoms with Gasteiger partial charge in [0.1, 0.15) is 5.60 Å². The molecular weight excluding hydrogens is 282 g/mol. The average Bonchev–Trinajstić information content (AvgIpc) is 2.22. The van der Waals surface area contributed by atoms with Crippen molar-refractivity contribution < 1.29 is 22.1 Å². The minimum absolute atomic E-state index is 0.245. The fourth-order valence-corrected chi connectivity index (χ4v) is 1.89. The molecule has 0 rings (SSSR count). The average molecular weight is 309 g/mol. The summed E-state index contributed by atoms with van der Waals surface area (Å²) < 4.78 is 31.1. The van der Waals surface area contributed by atoms with E-state index in [-0.39, 0.29) is 12.7 Å². The number of ether oxygens (including phenoxy) is 1. The number of hydrogen-bond donors (Lipinski definition) is 1. The van der Waals surface area contributed by atoms with E-state index in [9.17, 15) is 13.2 Å². The molecule has 0 saturated carbocycles. The van der Waals surface area contributed by atoms with Gasteiger partial charge in [-0.25, -0.2) is 4.79 Å². The quantitative estimate of drug-likeness (QED) is 0.522. The number of unbranched alkanes of at least 4 members (excludes halogenated alkanes) is 4. The van der Waals surface area contributed by atoms with Gasteiger partial charge in [0.25, 0.3) is 10.1 Å². The summed E-state index contributed by atoms with van der Waals surface area (Å²) in [5, 5.41) is 2.70. The second-order valence-corrected chi connectivity index (χ2v) is 7.37. The Morgan fingerprint density at radius 2 is 1.60 bits per heavy atom. The molecule has 0 atom stereocenters. The summed E-state index contributed by atoms with van der Waals surface area (Å²) in [6.07, 6.45) is 5.16. The maximum Gasteiger partial charge on any atom is 0.407 e. The molecule has 0 unspecified atom stereocenters. The van der Waals surface area contributed by atoms with E-state index in [1.165, 1.54) is 0 Å². The molecular formula is C13H27NO5S. The van der Waals surface area contributed by atoms with Gasteiger partial charge in [-0.15, -0.1) is 0 Å². The van der Waals surface area contributed by atoms with Crippen molar-refractivity contribution in [3.8, 4) is 0 Å². The molecule has 6 nitrogen and oxygen atoms in total. The van der Waals surface area contributed by atoms with Crippen LogP contribution in [0.15, 0.2) is 0 Å². The predicted molar refractivity (Wildman–Crippen MR) is 78.1 cm³/mol. The lowest BCUT2D eigenvalue weighted by Gasteiger charge is -2.19. The topological polar surface area (TPSA) is 81.7 Å². The van der Waals surface area contributed by atoms with Crippen LogP contribution in [0.4, 0.5) is 4.79 Å². The van der Waals surface area contributed by atoms with E-state index in [1.54, 1.807) is 0 Å². The lowest BCUT2D eigenvalue weighted by atomic mass is 10.1. The fraction of sp³-hybridized carbons (Fsp3) is 0.923. The summed E-state index contributed by atoms with van der Waals surface area (Å²) in [7, 11) is -3.31. The highest BCUT2D eigenvalue weighted by Gasteiger charge is 2.15. The summed E-state index contributed by atoms with van der Waals surface area (Å²) in [6.45, 7) is 6.31. The molecule has 7 heteroatoms. The van der Waals surface area contributed by atoms with Gasteiger partial charge in [0.05, 0.1) is 12.9 Å². The first-order valence-corrected chi connectivity index (χ1v) is 8.73. The smallest absolute Gasteiger partial charge is 0.407 e. The lowest BCUT2D eigenvalue weighted by Crippen LogP contribution is -2.32. The molecule has 1 amide bonds. The highest BCUT2D eigenvalue weighted by Crippen LogP contribution is 2.07. The van der Waals surface area contributed by atoms with E-state index >= 15 is 0 Å². The van der Waals surface area contributed by atoms with Gasteiger partial charge in [0.2, 0.25) is 0 Å². The van der Waals surface area contributed by atoms with Crippen LogP contribution in [0.25, 0.3) is 0 Å². The van der Waals surface area contributed by atoms with E-state index < -0.39 is 15.7 Å². The molecule has 0 fully saturated rings. The van der Waals surface area contributed by atoms with Crippen LogP contribution in [-0.2, 0) is 19.0 Å². The van der Waals surface area contributed by atoms with Gasteiger partial charge in [0.15, 0.2) is 0 Å². The van der Waals surface area contributed by atoms with E-state index in [1.807, 2.05) is 20.8 Å². The van der Waals surface area contributed by atoms with Crippen LogP contribution < -0.4 is 5.32 Å². The molecule has 0 aliphatic rings. The zero-order valence-electron chi connectivity index (χ0n) is 12.9. The SMILES string of the molecule is CC(C)(C)OC(=O)NCCCCCCCOS(C)(=O)=O. The maximum atomic E-state index is 11.3. The zero-order valence-corrected chi connectivity index (χ0v) is 13.7. The molecule has 0 aliphatic carbocycles. The molecule has 0 aliphatic heterocycles. The van der Waals surface area contributed by atoms with Gasteiger partial charge < -0.3 is 10.1 Å². The Labute approximate surface area is 122 Å². The molecule has 120 valence electrons. The first-order valence-electron chi connectivity index (χ1n) is 6.91. The van der Waals surface area contributed by atoms with Crippen molar-refractivity contribution in [2.45, 2.75) is 58.5 Å². The van der Waals surface area contributed by atoms with Gasteiger partial charge in [-0.3, -0.25) is 4.18 Å². The molecule has 20 heavy (non-hydrogen) atoms. The predicted octanol–water partition coefficient (Wildman–Crippen LogP) is 2.44. The molecule has 0 aromatic carbocycles. The highest BCUT2D eigenvalue weighted by molar-refractivity contribution is 7.85. The highest BCUT2D eigenvalue weighted by atomic mass is 32.2. The third kappa shape index (κ3) is 15.2. The van der Waals surface area contributed by atoms with Crippen molar-refractivity contribution in [3.63, 3.8) is 0 Å². The van der Waals surface area contributed by atoms with Crippen molar-refractivity contribution >= 4 is 16.2 Å². The number of nitrogens with one attached hydrogen (secondary N) is 1. The number of hydrogen-bond acceptors (Lipinski definition) is 5. The van der Waals surface area contributed by atoms with Crippen LogP contribution in [-0.4, -0.2) is 39.5 Å². The molecule has 1 N–H and O–H groups in total. The number of carbonyl (C=O) groups excluding carboxylic acids is 1. The Bertz CT molecular complexity index is 373. The molecule has 0 spiro atoms. The Balaban J connectivity index is 3.35. The Morgan fingerprint density at radius 3 is 2.15 bits per heavy atom. The van der Waals surface area contributed by atoms with Gasteiger partial charge in [-0.2, -0.15) is 8.42 Å². The van der Waals surface area contributed by atoms with Gasteiger partial charge in [0, 0.05) is 6.54 Å². The van der Waals surface area contributed by atoms with E-state index in [0.717, 1.165) is 38.4 Å². The van der Waals surface area contributed by atoms with Crippen molar-refractivity contribution in [1.82, 2.24) is 5.32 Å². The van der Waals surface area contributed by atoms with Gasteiger partial charge >= 0.3 is 6.09 Å². The molecule has 0 aromatic rings. The first kappa shape index (κ1) is 19.2. The Hall–Kier alpha value is -0.820. The zero-order chi connectivity index (χ0) is 15.6. The van der Waals surface area contributed by atoms with Crippen LogP contribution in [0.2, 0.25) is 0 Å². The van der Waals surface area contributed by atoms with Gasteiger partial charge in [-0.05, 0) is 33.6 Å². The molecule has 0 bridgehead atoms. The number of amides is 1. The van der Waals surface area contributed by atoms with Crippen molar-refractivity contribution in [2.75, 3.05) is 19.4 Å². The lowest BCUT2D eigenvalue weighted by molar-refractivity contribution is 0.0527. The molecule has 0 radical (unpaired) electrons. The molecule has 0 aromatic heterocycles. The van der Waals surface area contributed by atoms with Crippen LogP contribution >= 0.6 is 0 Å². The van der Waals surface area contributed by atoms with Crippen molar-refractivity contribution in [3.05, 3.63) is 0 Å². The van der Waals surface area contributed by atoms with Crippen molar-refractivity contribution in [1.29, 1.82) is 0 Å². The minimum Gasteiger partial charge on any atom is -0.444 e. The van der Waals surface area contributed by atoms with Crippen LogP contribution in [0, 0.1) is 0 Å². The number of rotatable bonds is 9. The first-order chi connectivity index (χ1) is 9.10. The standard InChI is InChI=1S/C13H27NO5S/c1-13(2,3)19-12(15)14-10-8-6-5-7-9-11-18-20(4,16)17/h5-11H2,1-4H3,(H,14,15). The second-order valence-electron chi connectivity index (χ2n) is 5.72. The van der Waals surface area contributed by atoms with Crippen LogP contribution in [0.3, 0.4) is 0 Å². The molecule has 0 saturated heterocycles. The van der Waals surface area contributed by atoms with Crippen molar-refractivity contribution in [2.24, 2.45) is 0 Å². The number of carbonyl (C=O) groups is 1. The molecule has 0 heterocycles.